The van der Waals surface area contributed by atoms with Crippen molar-refractivity contribution in [3.63, 3.8) is 0 Å². The van der Waals surface area contributed by atoms with Crippen LogP contribution in [0.1, 0.15) is 37.6 Å². The van der Waals surface area contributed by atoms with Crippen LogP contribution in [-0.4, -0.2) is 71.3 Å². The molecule has 2 aromatic heterocycles. The van der Waals surface area contributed by atoms with Crippen molar-refractivity contribution in [2.45, 2.75) is 37.4 Å². The van der Waals surface area contributed by atoms with Crippen molar-refractivity contribution >= 4 is 49.9 Å². The third-order valence-electron chi connectivity index (χ3n) is 5.71. The molecule has 2 atom stereocenters. The van der Waals surface area contributed by atoms with Gasteiger partial charge in [0, 0.05) is 31.6 Å². The molecule has 4 heterocycles. The Balaban J connectivity index is 1.50. The molecule has 1 unspecified atom stereocenters. The number of hydrogen-bond donors (Lipinski definition) is 3. The highest BCUT2D eigenvalue weighted by molar-refractivity contribution is 7.91. The lowest BCUT2D eigenvalue weighted by atomic mass is 10.1. The minimum atomic E-state index is -3.84. The van der Waals surface area contributed by atoms with Gasteiger partial charge in [0.25, 0.3) is 21.2 Å². The molecule has 4 rings (SSSR count). The van der Waals surface area contributed by atoms with Gasteiger partial charge in [-0.15, -0.1) is 20.1 Å². The average molecular weight is 529 g/mol. The number of piperazine rings is 1. The van der Waals surface area contributed by atoms with Crippen molar-refractivity contribution in [2.75, 3.05) is 38.0 Å². The van der Waals surface area contributed by atoms with Gasteiger partial charge in [-0.25, -0.2) is 12.6 Å². The number of amidine groups is 2. The highest BCUT2D eigenvalue weighted by atomic mass is 32.2. The summed E-state index contributed by atoms with van der Waals surface area (Å²) in [6.45, 7) is 8.83. The zero-order valence-corrected chi connectivity index (χ0v) is 21.6. The molecule has 0 aliphatic carbocycles. The second kappa shape index (κ2) is 10.2. The molecule has 0 bridgehead atoms. The normalized spacial score (nSPS) is 20.7. The van der Waals surface area contributed by atoms with Gasteiger partial charge in [-0.1, -0.05) is 13.8 Å². The van der Waals surface area contributed by atoms with Crippen LogP contribution in [0.2, 0.25) is 0 Å². The molecule has 2 aliphatic heterocycles. The molecule has 0 spiro atoms. The Morgan fingerprint density at radius 2 is 1.94 bits per heavy atom. The molecule has 0 aromatic carbocycles. The SMILES string of the molecule is CC[C@@H](NC1=NS(=O)N=C1Nc1csc(S(=O)(=O)N2CCN(CC)CC2)c1O)c1cc(C)co1. The first-order valence-corrected chi connectivity index (χ1v) is 14.3. The zero-order chi connectivity index (χ0) is 24.5. The molecule has 186 valence electrons. The number of likely N-dealkylation sites (N-methyl/N-ethyl adjacent to an activating group) is 1. The lowest BCUT2D eigenvalue weighted by Gasteiger charge is -2.32. The summed E-state index contributed by atoms with van der Waals surface area (Å²) in [6.07, 6.45) is 2.32. The van der Waals surface area contributed by atoms with E-state index >= 15 is 0 Å². The topological polar surface area (TPSA) is 140 Å². The number of anilines is 1. The lowest BCUT2D eigenvalue weighted by molar-refractivity contribution is 0.196. The molecule has 0 saturated carbocycles. The quantitative estimate of drug-likeness (QED) is 0.497. The molecule has 3 N–H and O–H groups in total. The maximum atomic E-state index is 13.1. The summed E-state index contributed by atoms with van der Waals surface area (Å²) in [6, 6.07) is 1.67. The molecule has 34 heavy (non-hydrogen) atoms. The van der Waals surface area contributed by atoms with Crippen LogP contribution in [0.25, 0.3) is 0 Å². The van der Waals surface area contributed by atoms with Gasteiger partial charge in [-0.3, -0.25) is 0 Å². The highest BCUT2D eigenvalue weighted by Crippen LogP contribution is 2.39. The van der Waals surface area contributed by atoms with E-state index in [4.69, 9.17) is 4.42 Å². The molecule has 2 aromatic rings. The predicted molar refractivity (Wildman–Crippen MR) is 133 cm³/mol. The monoisotopic (exact) mass is 528 g/mol. The predicted octanol–water partition coefficient (Wildman–Crippen LogP) is 2.22. The van der Waals surface area contributed by atoms with Gasteiger partial charge in [-0.05, 0) is 31.5 Å². The molecular formula is C20H28N6O5S3. The summed E-state index contributed by atoms with van der Waals surface area (Å²) in [5.41, 5.74) is 1.14. The second-order valence-electron chi connectivity index (χ2n) is 7.99. The average Bonchev–Trinajstić information content (AvgIpc) is 3.51. The van der Waals surface area contributed by atoms with Crippen molar-refractivity contribution in [3.05, 3.63) is 29.0 Å². The summed E-state index contributed by atoms with van der Waals surface area (Å²) in [5, 5.41) is 18.3. The molecule has 0 amide bonds. The first-order valence-electron chi connectivity index (χ1n) is 10.9. The lowest BCUT2D eigenvalue weighted by Crippen LogP contribution is -2.48. The number of nitrogens with zero attached hydrogens (tertiary/aromatic N) is 4. The first-order chi connectivity index (χ1) is 16.2. The summed E-state index contributed by atoms with van der Waals surface area (Å²) >= 11 is -0.916. The van der Waals surface area contributed by atoms with Gasteiger partial charge < -0.3 is 25.1 Å². The molecule has 1 saturated heterocycles. The molecule has 0 radical (unpaired) electrons. The van der Waals surface area contributed by atoms with Crippen LogP contribution in [0.3, 0.4) is 0 Å². The van der Waals surface area contributed by atoms with Gasteiger partial charge >= 0.3 is 0 Å². The number of nitrogens with one attached hydrogen (secondary N) is 2. The Morgan fingerprint density at radius 1 is 1.24 bits per heavy atom. The third kappa shape index (κ3) is 5.05. The maximum absolute atomic E-state index is 13.1. The fraction of sp³-hybridized carbons (Fsp3) is 0.500. The van der Waals surface area contributed by atoms with E-state index in [1.807, 2.05) is 26.8 Å². The Morgan fingerprint density at radius 3 is 2.56 bits per heavy atom. The van der Waals surface area contributed by atoms with Crippen LogP contribution >= 0.6 is 11.3 Å². The van der Waals surface area contributed by atoms with Crippen molar-refractivity contribution in [2.24, 2.45) is 8.80 Å². The molecular weight excluding hydrogens is 500 g/mol. The zero-order valence-electron chi connectivity index (χ0n) is 19.1. The Hall–Kier alpha value is -2.26. The fourth-order valence-electron chi connectivity index (χ4n) is 3.75. The number of aromatic hydroxyl groups is 1. The second-order valence-corrected chi connectivity index (χ2v) is 11.8. The molecule has 14 heteroatoms. The summed E-state index contributed by atoms with van der Waals surface area (Å²) in [7, 11) is -3.84. The van der Waals surface area contributed by atoms with Crippen LogP contribution in [-0.2, 0) is 21.2 Å². The summed E-state index contributed by atoms with van der Waals surface area (Å²) in [4.78, 5) is 2.17. The third-order valence-corrected chi connectivity index (χ3v) is 9.78. The van der Waals surface area contributed by atoms with Crippen molar-refractivity contribution in [1.82, 2.24) is 14.5 Å². The van der Waals surface area contributed by atoms with E-state index < -0.39 is 26.9 Å². The Kier molecular flexibility index (Phi) is 7.42. The van der Waals surface area contributed by atoms with Crippen molar-refractivity contribution in [1.29, 1.82) is 0 Å². The minimum absolute atomic E-state index is 0.136. The van der Waals surface area contributed by atoms with Gasteiger partial charge in [0.15, 0.2) is 21.6 Å². The minimum Gasteiger partial charge on any atom is -0.504 e. The number of rotatable bonds is 7. The maximum Gasteiger partial charge on any atom is 0.269 e. The van der Waals surface area contributed by atoms with Crippen molar-refractivity contribution < 1.29 is 22.2 Å². The van der Waals surface area contributed by atoms with Gasteiger partial charge in [0.1, 0.15) is 5.76 Å². The number of thiophene rings is 1. The number of furan rings is 1. The smallest absolute Gasteiger partial charge is 0.269 e. The van der Waals surface area contributed by atoms with Gasteiger partial charge in [0.05, 0.1) is 18.0 Å². The van der Waals surface area contributed by atoms with Crippen molar-refractivity contribution in [3.8, 4) is 5.75 Å². The van der Waals surface area contributed by atoms with Crippen LogP contribution in [0, 0.1) is 6.92 Å². The Labute approximate surface area is 205 Å². The van der Waals surface area contributed by atoms with E-state index in [1.54, 1.807) is 6.26 Å². The first kappa shape index (κ1) is 24.9. The number of aryl methyl sites for hydroxylation is 1. The van der Waals surface area contributed by atoms with E-state index in [0.717, 1.165) is 23.4 Å². The molecule has 2 aliphatic rings. The highest BCUT2D eigenvalue weighted by Gasteiger charge is 2.33. The van der Waals surface area contributed by atoms with Gasteiger partial charge in [0.2, 0.25) is 0 Å². The van der Waals surface area contributed by atoms with E-state index in [2.05, 4.69) is 24.3 Å². The molecule has 1 fully saturated rings. The van der Waals surface area contributed by atoms with Gasteiger partial charge in [-0.2, -0.15) is 4.31 Å². The van der Waals surface area contributed by atoms with Crippen LogP contribution in [0.5, 0.6) is 5.75 Å². The Bertz CT molecular complexity index is 1230. The summed E-state index contributed by atoms with van der Waals surface area (Å²) in [5.74, 6) is 0.699. The number of sulfonamides is 1. The largest absolute Gasteiger partial charge is 0.504 e. The fourth-order valence-corrected chi connectivity index (χ4v) is 7.17. The number of hydrogen-bond acceptors (Lipinski definition) is 9. The molecule has 11 nitrogen and oxygen atoms in total. The van der Waals surface area contributed by atoms with Crippen LogP contribution in [0.4, 0.5) is 5.69 Å². The summed E-state index contributed by atoms with van der Waals surface area (Å²) < 4.78 is 53.1. The van der Waals surface area contributed by atoms with Crippen LogP contribution < -0.4 is 10.6 Å². The van der Waals surface area contributed by atoms with Crippen LogP contribution in [0.15, 0.2) is 35.1 Å². The van der Waals surface area contributed by atoms with E-state index in [0.29, 0.717) is 38.4 Å². The van der Waals surface area contributed by atoms with E-state index in [9.17, 15) is 17.7 Å². The van der Waals surface area contributed by atoms with E-state index in [-0.39, 0.29) is 27.6 Å². The standard InChI is InChI=1S/C20H28N6O5S3/c1-4-14(16-10-13(3)11-31-16)21-18-19(24-33(28)23-18)22-15-12-32-20(17(15)27)34(29,30)26-8-6-25(5-2)7-9-26/h10-12,14,27H,4-9H2,1-3H3,(H,21,23)(H,22,24)/t14-,33?/m1/s1. The van der Waals surface area contributed by atoms with E-state index in [1.165, 1.54) is 9.69 Å².